The van der Waals surface area contributed by atoms with Gasteiger partial charge in [-0.3, -0.25) is 0 Å². The van der Waals surface area contributed by atoms with Crippen LogP contribution in [-0.4, -0.2) is 4.98 Å². The third-order valence-corrected chi connectivity index (χ3v) is 5.71. The molecule has 1 aliphatic carbocycles. The maximum atomic E-state index is 3.63. The molecule has 0 saturated carbocycles. The molecule has 0 spiro atoms. The van der Waals surface area contributed by atoms with Crippen molar-refractivity contribution in [3.8, 4) is 0 Å². The molecule has 1 aromatic heterocycles. The fourth-order valence-electron chi connectivity index (χ4n) is 3.92. The fourth-order valence-corrected chi connectivity index (χ4v) is 4.28. The van der Waals surface area contributed by atoms with Crippen LogP contribution in [0.2, 0.25) is 0 Å². The van der Waals surface area contributed by atoms with E-state index in [0.717, 1.165) is 5.92 Å². The van der Waals surface area contributed by atoms with E-state index in [-0.39, 0.29) is 0 Å². The second-order valence-corrected chi connectivity index (χ2v) is 7.85. The van der Waals surface area contributed by atoms with Gasteiger partial charge in [0.25, 0.3) is 0 Å². The van der Waals surface area contributed by atoms with E-state index in [1.165, 1.54) is 85.3 Å². The van der Waals surface area contributed by atoms with Gasteiger partial charge in [0, 0.05) is 21.1 Å². The number of benzene rings is 1. The summed E-state index contributed by atoms with van der Waals surface area (Å²) in [7, 11) is 0. The molecule has 1 unspecified atom stereocenters. The minimum atomic E-state index is 0.900. The first kappa shape index (κ1) is 16.1. The number of hydrogen-bond acceptors (Lipinski definition) is 0. The quantitative estimate of drug-likeness (QED) is 0.522. The van der Waals surface area contributed by atoms with Crippen LogP contribution >= 0.6 is 15.9 Å². The van der Waals surface area contributed by atoms with Gasteiger partial charge in [-0.05, 0) is 48.9 Å². The van der Waals surface area contributed by atoms with Crippen molar-refractivity contribution in [1.29, 1.82) is 0 Å². The second kappa shape index (κ2) is 7.68. The van der Waals surface area contributed by atoms with Crippen LogP contribution in [-0.2, 0) is 12.8 Å². The van der Waals surface area contributed by atoms with Gasteiger partial charge < -0.3 is 4.98 Å². The van der Waals surface area contributed by atoms with Gasteiger partial charge in [0.05, 0.1) is 0 Å². The summed E-state index contributed by atoms with van der Waals surface area (Å²) >= 11 is 3.62. The molecule has 0 bridgehead atoms. The van der Waals surface area contributed by atoms with Crippen molar-refractivity contribution in [2.24, 2.45) is 5.92 Å². The molecule has 1 N–H and O–H groups in total. The van der Waals surface area contributed by atoms with Gasteiger partial charge in [-0.25, -0.2) is 0 Å². The molecule has 0 amide bonds. The van der Waals surface area contributed by atoms with Gasteiger partial charge in [0.1, 0.15) is 0 Å². The molecule has 22 heavy (non-hydrogen) atoms. The Labute approximate surface area is 143 Å². The largest absolute Gasteiger partial charge is 0.358 e. The van der Waals surface area contributed by atoms with E-state index < -0.39 is 0 Å². The average Bonchev–Trinajstić information content (AvgIpc) is 2.88. The first-order valence-corrected chi connectivity index (χ1v) is 9.86. The van der Waals surface area contributed by atoms with E-state index in [4.69, 9.17) is 0 Å². The van der Waals surface area contributed by atoms with Gasteiger partial charge in [0.2, 0.25) is 0 Å². The van der Waals surface area contributed by atoms with Gasteiger partial charge >= 0.3 is 0 Å². The molecule has 1 heterocycles. The van der Waals surface area contributed by atoms with Crippen LogP contribution in [0.15, 0.2) is 22.7 Å². The second-order valence-electron chi connectivity index (χ2n) is 6.94. The summed E-state index contributed by atoms with van der Waals surface area (Å²) in [6.07, 6.45) is 13.8. The highest BCUT2D eigenvalue weighted by Crippen LogP contribution is 2.35. The minimum Gasteiger partial charge on any atom is -0.358 e. The predicted molar refractivity (Wildman–Crippen MR) is 99.5 cm³/mol. The topological polar surface area (TPSA) is 15.8 Å². The monoisotopic (exact) mass is 361 g/mol. The van der Waals surface area contributed by atoms with Crippen molar-refractivity contribution in [3.05, 3.63) is 33.9 Å². The molecule has 2 aromatic rings. The van der Waals surface area contributed by atoms with E-state index in [1.807, 2.05) is 0 Å². The van der Waals surface area contributed by atoms with E-state index >= 15 is 0 Å². The molecule has 120 valence electrons. The van der Waals surface area contributed by atoms with Crippen LogP contribution in [0.25, 0.3) is 10.9 Å². The molecule has 1 aromatic carbocycles. The van der Waals surface area contributed by atoms with Crippen LogP contribution in [0.1, 0.15) is 69.5 Å². The third-order valence-electron chi connectivity index (χ3n) is 5.22. The van der Waals surface area contributed by atoms with Gasteiger partial charge in [0.15, 0.2) is 0 Å². The Balaban J connectivity index is 1.56. The number of nitrogens with one attached hydrogen (secondary N) is 1. The summed E-state index contributed by atoms with van der Waals surface area (Å²) in [5, 5.41) is 1.44. The molecule has 1 atom stereocenters. The lowest BCUT2D eigenvalue weighted by Crippen LogP contribution is -2.13. The fraction of sp³-hybridized carbons (Fsp3) is 0.600. The minimum absolute atomic E-state index is 0.900. The summed E-state index contributed by atoms with van der Waals surface area (Å²) in [6, 6.07) is 6.64. The number of hydrogen-bond donors (Lipinski definition) is 1. The van der Waals surface area contributed by atoms with Gasteiger partial charge in [-0.2, -0.15) is 0 Å². The zero-order valence-electron chi connectivity index (χ0n) is 13.8. The number of halogens is 1. The highest BCUT2D eigenvalue weighted by Gasteiger charge is 2.22. The Morgan fingerprint density at radius 3 is 2.82 bits per heavy atom. The van der Waals surface area contributed by atoms with Crippen LogP contribution in [0.4, 0.5) is 0 Å². The van der Waals surface area contributed by atoms with Crippen molar-refractivity contribution in [1.82, 2.24) is 4.98 Å². The molecular formula is C20H28BrN. The number of aromatic nitrogens is 1. The first-order chi connectivity index (χ1) is 10.8. The maximum Gasteiger partial charge on any atom is 0.0459 e. The summed E-state index contributed by atoms with van der Waals surface area (Å²) in [4.78, 5) is 3.63. The highest BCUT2D eigenvalue weighted by molar-refractivity contribution is 9.10. The van der Waals surface area contributed by atoms with Crippen LogP contribution in [0, 0.1) is 5.92 Å². The lowest BCUT2D eigenvalue weighted by Gasteiger charge is -2.22. The maximum absolute atomic E-state index is 3.63. The summed E-state index contributed by atoms with van der Waals surface area (Å²) in [6.45, 7) is 2.29. The summed E-state index contributed by atoms with van der Waals surface area (Å²) < 4.78 is 1.19. The van der Waals surface area contributed by atoms with Crippen LogP contribution in [0.5, 0.6) is 0 Å². The van der Waals surface area contributed by atoms with Crippen LogP contribution < -0.4 is 0 Å². The molecular weight excluding hydrogens is 334 g/mol. The number of H-pyrrole nitrogens is 1. The van der Waals surface area contributed by atoms with E-state index in [1.54, 1.807) is 5.56 Å². The Morgan fingerprint density at radius 2 is 1.95 bits per heavy atom. The van der Waals surface area contributed by atoms with E-state index in [9.17, 15) is 0 Å². The molecule has 1 nitrogen and oxygen atoms in total. The molecule has 3 rings (SSSR count). The molecule has 0 radical (unpaired) electrons. The summed E-state index contributed by atoms with van der Waals surface area (Å²) in [5.74, 6) is 0.900. The standard InChI is InChI=1S/C20H28BrN/c1-2-3-4-5-6-7-8-15-9-11-19-17(13-15)18-14-16(21)10-12-20(18)22-19/h10,12,14-15,22H,2-9,11,13H2,1H3. The number of unbranched alkanes of at least 4 members (excludes halogenated alkanes) is 5. The normalized spacial score (nSPS) is 17.8. The Bertz CT molecular complexity index is 613. The van der Waals surface area contributed by atoms with Crippen molar-refractivity contribution in [2.45, 2.75) is 71.1 Å². The Morgan fingerprint density at radius 1 is 1.14 bits per heavy atom. The highest BCUT2D eigenvalue weighted by atomic mass is 79.9. The molecule has 0 saturated heterocycles. The van der Waals surface area contributed by atoms with Crippen LogP contribution in [0.3, 0.4) is 0 Å². The molecule has 0 aliphatic heterocycles. The zero-order valence-corrected chi connectivity index (χ0v) is 15.3. The lowest BCUT2D eigenvalue weighted by molar-refractivity contribution is 0.404. The Kier molecular flexibility index (Phi) is 5.62. The number of aryl methyl sites for hydroxylation is 1. The third kappa shape index (κ3) is 3.76. The van der Waals surface area contributed by atoms with Crippen molar-refractivity contribution < 1.29 is 0 Å². The lowest BCUT2D eigenvalue weighted by atomic mass is 9.83. The Hall–Kier alpha value is -0.760. The molecule has 2 heteroatoms. The van der Waals surface area contributed by atoms with Gasteiger partial charge in [-0.1, -0.05) is 67.8 Å². The summed E-state index contributed by atoms with van der Waals surface area (Å²) in [5.41, 5.74) is 4.40. The van der Waals surface area contributed by atoms with E-state index in [0.29, 0.717) is 0 Å². The molecule has 1 aliphatic rings. The van der Waals surface area contributed by atoms with E-state index in [2.05, 4.69) is 46.0 Å². The van der Waals surface area contributed by atoms with Crippen molar-refractivity contribution in [2.75, 3.05) is 0 Å². The predicted octanol–water partition coefficient (Wildman–Crippen LogP) is 6.79. The smallest absolute Gasteiger partial charge is 0.0459 e. The SMILES string of the molecule is CCCCCCCCC1CCc2[nH]c3ccc(Br)cc3c2C1. The number of rotatable bonds is 7. The first-order valence-electron chi connectivity index (χ1n) is 9.07. The van der Waals surface area contributed by atoms with Crippen molar-refractivity contribution in [3.63, 3.8) is 0 Å². The average molecular weight is 362 g/mol. The molecule has 0 fully saturated rings. The van der Waals surface area contributed by atoms with Crippen molar-refractivity contribution >= 4 is 26.8 Å². The number of fused-ring (bicyclic) bond motifs is 3. The van der Waals surface area contributed by atoms with Gasteiger partial charge in [-0.15, -0.1) is 0 Å². The zero-order chi connectivity index (χ0) is 15.4. The number of aromatic amines is 1.